The molecule has 0 radical (unpaired) electrons. The molecular weight excluding hydrogens is 284 g/mol. The van der Waals surface area contributed by atoms with Gasteiger partial charge in [0.15, 0.2) is 0 Å². The molecule has 1 aliphatic rings. The second-order valence-corrected chi connectivity index (χ2v) is 6.61. The lowest BCUT2D eigenvalue weighted by atomic mass is 10.0. The number of hydrogen-bond donors (Lipinski definition) is 2. The van der Waals surface area contributed by atoms with Crippen LogP contribution >= 0.6 is 0 Å². The second-order valence-electron chi connectivity index (χ2n) is 4.94. The third-order valence-electron chi connectivity index (χ3n) is 3.31. The Morgan fingerprint density at radius 2 is 2.25 bits per heavy atom. The summed E-state index contributed by atoms with van der Waals surface area (Å²) in [7, 11) is -2.11. The molecule has 1 unspecified atom stereocenters. The number of piperidine rings is 1. The topological polar surface area (TPSA) is 105 Å². The van der Waals surface area contributed by atoms with E-state index in [-0.39, 0.29) is 6.54 Å². The zero-order valence-corrected chi connectivity index (χ0v) is 12.2. The first-order valence-electron chi connectivity index (χ1n) is 6.31. The number of carbonyl (C=O) groups is 1. The van der Waals surface area contributed by atoms with E-state index in [0.717, 1.165) is 0 Å². The molecule has 112 valence electrons. The van der Waals surface area contributed by atoms with E-state index < -0.39 is 22.1 Å². The van der Waals surface area contributed by atoms with E-state index in [2.05, 4.69) is 9.82 Å². The summed E-state index contributed by atoms with van der Waals surface area (Å²) in [5.41, 5.74) is 0.701. The number of hydrogen-bond acceptors (Lipinski definition) is 4. The number of carboxylic acid groups (broad SMARTS) is 1. The van der Waals surface area contributed by atoms with Crippen molar-refractivity contribution in [3.63, 3.8) is 0 Å². The quantitative estimate of drug-likeness (QED) is 0.825. The molecule has 9 heteroatoms. The minimum absolute atomic E-state index is 0.00149. The molecule has 0 amide bonds. The van der Waals surface area contributed by atoms with Gasteiger partial charge in [-0.1, -0.05) is 0 Å². The summed E-state index contributed by atoms with van der Waals surface area (Å²) >= 11 is 0. The maximum Gasteiger partial charge on any atom is 0.307 e. The van der Waals surface area contributed by atoms with E-state index in [1.54, 1.807) is 20.0 Å². The van der Waals surface area contributed by atoms with Crippen molar-refractivity contribution in [2.75, 3.05) is 17.8 Å². The predicted octanol–water partition coefficient (Wildman–Crippen LogP) is 0.182. The van der Waals surface area contributed by atoms with Gasteiger partial charge in [0.1, 0.15) is 5.82 Å². The number of aliphatic carboxylic acids is 1. The summed E-state index contributed by atoms with van der Waals surface area (Å²) in [4.78, 5) is 11.0. The summed E-state index contributed by atoms with van der Waals surface area (Å²) in [5.74, 6) is -1.24. The van der Waals surface area contributed by atoms with Crippen LogP contribution in [0.2, 0.25) is 0 Å². The molecule has 0 aromatic carbocycles. The first-order chi connectivity index (χ1) is 9.29. The fourth-order valence-corrected chi connectivity index (χ4v) is 3.60. The molecule has 1 aromatic rings. The van der Waals surface area contributed by atoms with E-state index in [0.29, 0.717) is 30.9 Å². The molecule has 2 heterocycles. The number of nitrogens with one attached hydrogen (secondary N) is 1. The standard InChI is InChI=1S/C11H18N4O4S/c1-8-6-10(14(2)12-8)13-20(18,19)15-5-3-4-9(7-15)11(16)17/h6,9,13H,3-5,7H2,1-2H3,(H,16,17). The first kappa shape index (κ1) is 14.8. The van der Waals surface area contributed by atoms with Gasteiger partial charge < -0.3 is 5.11 Å². The monoisotopic (exact) mass is 302 g/mol. The molecule has 1 fully saturated rings. The molecule has 1 atom stereocenters. The van der Waals surface area contributed by atoms with Gasteiger partial charge in [-0.2, -0.15) is 17.8 Å². The Morgan fingerprint density at radius 1 is 1.55 bits per heavy atom. The van der Waals surface area contributed by atoms with Gasteiger partial charge in [0, 0.05) is 26.2 Å². The van der Waals surface area contributed by atoms with Gasteiger partial charge in [0.25, 0.3) is 0 Å². The Kier molecular flexibility index (Phi) is 4.00. The van der Waals surface area contributed by atoms with Crippen molar-refractivity contribution < 1.29 is 18.3 Å². The largest absolute Gasteiger partial charge is 0.481 e. The minimum Gasteiger partial charge on any atom is -0.481 e. The third kappa shape index (κ3) is 3.10. The van der Waals surface area contributed by atoms with Crippen LogP contribution < -0.4 is 4.72 Å². The molecule has 2 N–H and O–H groups in total. The van der Waals surface area contributed by atoms with Crippen LogP contribution in [0.15, 0.2) is 6.07 Å². The zero-order valence-electron chi connectivity index (χ0n) is 11.4. The maximum absolute atomic E-state index is 12.3. The average molecular weight is 302 g/mol. The van der Waals surface area contributed by atoms with Crippen LogP contribution in [0.4, 0.5) is 5.82 Å². The smallest absolute Gasteiger partial charge is 0.307 e. The Bertz CT molecular complexity index is 610. The van der Waals surface area contributed by atoms with E-state index >= 15 is 0 Å². The maximum atomic E-state index is 12.3. The van der Waals surface area contributed by atoms with Crippen molar-refractivity contribution in [2.45, 2.75) is 19.8 Å². The highest BCUT2D eigenvalue weighted by molar-refractivity contribution is 7.90. The van der Waals surface area contributed by atoms with Crippen molar-refractivity contribution in [3.8, 4) is 0 Å². The average Bonchev–Trinajstić information content (AvgIpc) is 2.67. The Hall–Kier alpha value is -1.61. The van der Waals surface area contributed by atoms with Crippen LogP contribution in [-0.4, -0.2) is 46.7 Å². The van der Waals surface area contributed by atoms with Crippen molar-refractivity contribution in [1.82, 2.24) is 14.1 Å². The van der Waals surface area contributed by atoms with Gasteiger partial charge in [0.05, 0.1) is 11.6 Å². The van der Waals surface area contributed by atoms with Crippen LogP contribution in [0.1, 0.15) is 18.5 Å². The number of carboxylic acids is 1. The van der Waals surface area contributed by atoms with Crippen molar-refractivity contribution in [1.29, 1.82) is 0 Å². The summed E-state index contributed by atoms with van der Waals surface area (Å²) < 4.78 is 29.6. The number of anilines is 1. The van der Waals surface area contributed by atoms with Gasteiger partial charge in [-0.15, -0.1) is 0 Å². The van der Waals surface area contributed by atoms with Crippen LogP contribution in [0.3, 0.4) is 0 Å². The number of aromatic nitrogens is 2. The van der Waals surface area contributed by atoms with E-state index in [1.165, 1.54) is 8.99 Å². The molecule has 2 rings (SSSR count). The van der Waals surface area contributed by atoms with Crippen LogP contribution in [0.25, 0.3) is 0 Å². The highest BCUT2D eigenvalue weighted by Gasteiger charge is 2.32. The number of aryl methyl sites for hydroxylation is 2. The van der Waals surface area contributed by atoms with Gasteiger partial charge in [0.2, 0.25) is 0 Å². The van der Waals surface area contributed by atoms with E-state index in [4.69, 9.17) is 5.11 Å². The SMILES string of the molecule is Cc1cc(NS(=O)(=O)N2CCCC(C(=O)O)C2)n(C)n1. The fraction of sp³-hybridized carbons (Fsp3) is 0.636. The lowest BCUT2D eigenvalue weighted by Crippen LogP contribution is -2.44. The van der Waals surface area contributed by atoms with Gasteiger partial charge in [-0.3, -0.25) is 14.2 Å². The molecule has 0 aliphatic carbocycles. The molecule has 0 saturated carbocycles. The van der Waals surface area contributed by atoms with Crippen LogP contribution in [0, 0.1) is 12.8 Å². The number of nitrogens with zero attached hydrogens (tertiary/aromatic N) is 3. The number of rotatable bonds is 4. The summed E-state index contributed by atoms with van der Waals surface area (Å²) in [6.07, 6.45) is 1.05. The van der Waals surface area contributed by atoms with E-state index in [9.17, 15) is 13.2 Å². The second kappa shape index (κ2) is 5.41. The molecule has 0 bridgehead atoms. The van der Waals surface area contributed by atoms with Crippen molar-refractivity contribution in [3.05, 3.63) is 11.8 Å². The fourth-order valence-electron chi connectivity index (χ4n) is 2.27. The summed E-state index contributed by atoms with van der Waals surface area (Å²) in [6, 6.07) is 1.62. The van der Waals surface area contributed by atoms with Crippen molar-refractivity contribution in [2.24, 2.45) is 13.0 Å². The molecule has 1 aliphatic heterocycles. The summed E-state index contributed by atoms with van der Waals surface area (Å²) in [5, 5.41) is 13.1. The van der Waals surface area contributed by atoms with Crippen LogP contribution in [0.5, 0.6) is 0 Å². The minimum atomic E-state index is -3.75. The Morgan fingerprint density at radius 3 is 2.80 bits per heavy atom. The molecule has 0 spiro atoms. The molecular formula is C11H18N4O4S. The van der Waals surface area contributed by atoms with Gasteiger partial charge >= 0.3 is 16.2 Å². The normalized spacial score (nSPS) is 20.8. The van der Waals surface area contributed by atoms with Crippen LogP contribution in [-0.2, 0) is 22.1 Å². The lowest BCUT2D eigenvalue weighted by Gasteiger charge is -2.29. The molecule has 20 heavy (non-hydrogen) atoms. The van der Waals surface area contributed by atoms with Gasteiger partial charge in [-0.25, -0.2) is 0 Å². The highest BCUT2D eigenvalue weighted by atomic mass is 32.2. The molecule has 1 aromatic heterocycles. The third-order valence-corrected chi connectivity index (χ3v) is 4.79. The predicted molar refractivity (Wildman–Crippen MR) is 72.4 cm³/mol. The molecule has 1 saturated heterocycles. The zero-order chi connectivity index (χ0) is 14.9. The summed E-state index contributed by atoms with van der Waals surface area (Å²) in [6.45, 7) is 2.09. The highest BCUT2D eigenvalue weighted by Crippen LogP contribution is 2.21. The lowest BCUT2D eigenvalue weighted by molar-refractivity contribution is -0.142. The van der Waals surface area contributed by atoms with Crippen molar-refractivity contribution >= 4 is 22.0 Å². The molecule has 8 nitrogen and oxygen atoms in total. The first-order valence-corrected chi connectivity index (χ1v) is 7.75. The Labute approximate surface area is 117 Å². The van der Waals surface area contributed by atoms with Gasteiger partial charge in [-0.05, 0) is 19.8 Å². The Balaban J connectivity index is 2.14. The van der Waals surface area contributed by atoms with E-state index in [1.807, 2.05) is 0 Å².